The molecule has 0 saturated carbocycles. The molecule has 2 amide bonds. The first-order valence-corrected chi connectivity index (χ1v) is 17.3. The first kappa shape index (κ1) is 34.2. The third-order valence-corrected chi connectivity index (χ3v) is 10.1. The Morgan fingerprint density at radius 1 is 0.889 bits per heavy atom. The second-order valence-electron chi connectivity index (χ2n) is 11.0. The molecule has 4 aromatic carbocycles. The van der Waals surface area contributed by atoms with E-state index in [0.717, 1.165) is 25.5 Å². The Hall–Kier alpha value is -3.66. The van der Waals surface area contributed by atoms with E-state index in [-0.39, 0.29) is 29.8 Å². The average Bonchev–Trinajstić information content (AvgIpc) is 3.02. The van der Waals surface area contributed by atoms with Gasteiger partial charge in [0.2, 0.25) is 11.8 Å². The number of nitrogens with one attached hydrogen (secondary N) is 1. The number of aryl methyl sites for hydroxylation is 1. The lowest BCUT2D eigenvalue weighted by Crippen LogP contribution is -2.54. The summed E-state index contributed by atoms with van der Waals surface area (Å²) in [5, 5.41) is 3.44. The Morgan fingerprint density at radius 3 is 2.18 bits per heavy atom. The number of anilines is 1. The fourth-order valence-electron chi connectivity index (χ4n) is 4.83. The molecule has 0 heterocycles. The maximum Gasteiger partial charge on any atom is 0.264 e. The molecule has 45 heavy (non-hydrogen) atoms. The predicted molar refractivity (Wildman–Crippen MR) is 184 cm³/mol. The zero-order chi connectivity index (χ0) is 32.6. The first-order valence-electron chi connectivity index (χ1n) is 14.7. The van der Waals surface area contributed by atoms with E-state index in [0.29, 0.717) is 17.1 Å². The first-order chi connectivity index (χ1) is 21.5. The van der Waals surface area contributed by atoms with Crippen molar-refractivity contribution in [3.8, 4) is 0 Å². The minimum Gasteiger partial charge on any atom is -0.352 e. The van der Waals surface area contributed by atoms with E-state index in [1.54, 1.807) is 18.2 Å². The van der Waals surface area contributed by atoms with Crippen LogP contribution in [-0.2, 0) is 32.6 Å². The number of sulfonamides is 1. The van der Waals surface area contributed by atoms with Gasteiger partial charge in [0.25, 0.3) is 10.0 Å². The van der Waals surface area contributed by atoms with Crippen molar-refractivity contribution < 1.29 is 18.0 Å². The fraction of sp³-hybridized carbons (Fsp3) is 0.257. The molecule has 0 bridgehead atoms. The molecule has 236 valence electrons. The van der Waals surface area contributed by atoms with Gasteiger partial charge in [-0.1, -0.05) is 89.1 Å². The number of carbonyl (C=O) groups excluding carboxylic acids is 2. The van der Waals surface area contributed by atoms with Crippen LogP contribution >= 0.6 is 27.5 Å². The van der Waals surface area contributed by atoms with E-state index in [4.69, 9.17) is 11.6 Å². The summed E-state index contributed by atoms with van der Waals surface area (Å²) in [6.07, 6.45) is 0.963. The Bertz CT molecular complexity index is 1700. The zero-order valence-corrected chi connectivity index (χ0v) is 28.6. The van der Waals surface area contributed by atoms with Gasteiger partial charge < -0.3 is 10.2 Å². The molecule has 0 spiro atoms. The quantitative estimate of drug-likeness (QED) is 0.160. The molecule has 0 fully saturated rings. The molecule has 0 radical (unpaired) electrons. The van der Waals surface area contributed by atoms with Gasteiger partial charge in [0.05, 0.1) is 10.6 Å². The number of hydrogen-bond donors (Lipinski definition) is 1. The van der Waals surface area contributed by atoms with E-state index in [9.17, 15) is 18.0 Å². The van der Waals surface area contributed by atoms with E-state index in [1.165, 1.54) is 29.2 Å². The van der Waals surface area contributed by atoms with Crippen LogP contribution in [0.2, 0.25) is 5.02 Å². The number of carbonyl (C=O) groups is 2. The van der Waals surface area contributed by atoms with Gasteiger partial charge in [-0.3, -0.25) is 13.9 Å². The summed E-state index contributed by atoms with van der Waals surface area (Å²) in [6.45, 7) is 5.32. The highest BCUT2D eigenvalue weighted by Crippen LogP contribution is 2.27. The van der Waals surface area contributed by atoms with E-state index in [2.05, 4.69) is 21.2 Å². The molecule has 0 saturated heterocycles. The summed E-state index contributed by atoms with van der Waals surface area (Å²) in [5.41, 5.74) is 2.84. The molecule has 7 nitrogen and oxygen atoms in total. The molecule has 2 atom stereocenters. The predicted octanol–water partition coefficient (Wildman–Crippen LogP) is 7.16. The summed E-state index contributed by atoms with van der Waals surface area (Å²) < 4.78 is 30.2. The lowest BCUT2D eigenvalue weighted by Gasteiger charge is -2.34. The van der Waals surface area contributed by atoms with Gasteiger partial charge in [0.15, 0.2) is 0 Å². The van der Waals surface area contributed by atoms with Gasteiger partial charge in [0, 0.05) is 28.5 Å². The smallest absolute Gasteiger partial charge is 0.264 e. The number of halogens is 2. The molecular weight excluding hydrogens is 674 g/mol. The average molecular weight is 711 g/mol. The summed E-state index contributed by atoms with van der Waals surface area (Å²) in [4.78, 5) is 29.9. The van der Waals surface area contributed by atoms with Crippen molar-refractivity contribution in [2.45, 2.75) is 57.1 Å². The standard InChI is InChI=1S/C35H37BrClN3O4S/c1-4-26(3)38-35(42)33(22-27-10-6-5-7-11-27)39(23-28-13-15-29(36)16-14-28)34(41)24-40(31-12-8-9-25(2)21-31)45(43,44)32-19-17-30(37)18-20-32/h5-21,26,33H,4,22-24H2,1-3H3,(H,38,42). The van der Waals surface area contributed by atoms with Crippen LogP contribution in [0.25, 0.3) is 0 Å². The molecule has 0 aliphatic rings. The van der Waals surface area contributed by atoms with Gasteiger partial charge in [-0.15, -0.1) is 0 Å². The van der Waals surface area contributed by atoms with Crippen LogP contribution in [0.5, 0.6) is 0 Å². The molecular formula is C35H37BrClN3O4S. The topological polar surface area (TPSA) is 86.8 Å². The van der Waals surface area contributed by atoms with Crippen LogP contribution < -0.4 is 9.62 Å². The van der Waals surface area contributed by atoms with Gasteiger partial charge in [-0.05, 0) is 85.5 Å². The second-order valence-corrected chi connectivity index (χ2v) is 14.2. The van der Waals surface area contributed by atoms with Crippen molar-refractivity contribution in [3.05, 3.63) is 129 Å². The normalized spacial score (nSPS) is 12.6. The number of amides is 2. The highest BCUT2D eigenvalue weighted by molar-refractivity contribution is 9.10. The van der Waals surface area contributed by atoms with Gasteiger partial charge in [-0.25, -0.2) is 8.42 Å². The highest BCUT2D eigenvalue weighted by Gasteiger charge is 2.35. The largest absolute Gasteiger partial charge is 0.352 e. The molecule has 4 rings (SSSR count). The zero-order valence-electron chi connectivity index (χ0n) is 25.5. The Labute approximate surface area is 279 Å². The van der Waals surface area contributed by atoms with Crippen molar-refractivity contribution >= 4 is 55.1 Å². The third kappa shape index (κ3) is 9.19. The maximum atomic E-state index is 14.5. The number of nitrogens with zero attached hydrogens (tertiary/aromatic N) is 2. The molecule has 0 aliphatic heterocycles. The van der Waals surface area contributed by atoms with Crippen LogP contribution in [0.4, 0.5) is 5.69 Å². The van der Waals surface area contributed by atoms with Crippen LogP contribution in [0.3, 0.4) is 0 Å². The van der Waals surface area contributed by atoms with Gasteiger partial charge >= 0.3 is 0 Å². The lowest BCUT2D eigenvalue weighted by molar-refractivity contribution is -0.140. The summed E-state index contributed by atoms with van der Waals surface area (Å²) in [5.74, 6) is -0.821. The van der Waals surface area contributed by atoms with Crippen LogP contribution in [0.1, 0.15) is 37.0 Å². The number of rotatable bonds is 13. The van der Waals surface area contributed by atoms with Crippen LogP contribution in [0.15, 0.2) is 112 Å². The monoisotopic (exact) mass is 709 g/mol. The molecule has 1 N–H and O–H groups in total. The molecule has 10 heteroatoms. The van der Waals surface area contributed by atoms with E-state index >= 15 is 0 Å². The SMILES string of the molecule is CCC(C)NC(=O)C(Cc1ccccc1)N(Cc1ccc(Br)cc1)C(=O)CN(c1cccc(C)c1)S(=O)(=O)c1ccc(Cl)cc1. The van der Waals surface area contributed by atoms with E-state index in [1.807, 2.05) is 81.4 Å². The second kappa shape index (κ2) is 15.6. The maximum absolute atomic E-state index is 14.5. The third-order valence-electron chi connectivity index (χ3n) is 7.51. The van der Waals surface area contributed by atoms with E-state index < -0.39 is 28.5 Å². The van der Waals surface area contributed by atoms with Crippen molar-refractivity contribution in [3.63, 3.8) is 0 Å². The Morgan fingerprint density at radius 2 is 1.56 bits per heavy atom. The number of hydrogen-bond acceptors (Lipinski definition) is 4. The summed E-state index contributed by atoms with van der Waals surface area (Å²) >= 11 is 9.52. The van der Waals surface area contributed by atoms with Gasteiger partial charge in [0.1, 0.15) is 12.6 Å². The lowest BCUT2D eigenvalue weighted by atomic mass is 10.0. The Balaban J connectivity index is 1.80. The molecule has 0 aromatic heterocycles. The summed E-state index contributed by atoms with van der Waals surface area (Å²) in [6, 6.07) is 28.8. The number of benzene rings is 4. The minimum atomic E-state index is -4.20. The van der Waals surface area contributed by atoms with Crippen molar-refractivity contribution in [2.75, 3.05) is 10.8 Å². The van der Waals surface area contributed by atoms with Crippen molar-refractivity contribution in [2.24, 2.45) is 0 Å². The fourth-order valence-corrected chi connectivity index (χ4v) is 6.62. The van der Waals surface area contributed by atoms with Crippen molar-refractivity contribution in [1.82, 2.24) is 10.2 Å². The minimum absolute atomic E-state index is 0.00369. The molecule has 0 aliphatic carbocycles. The molecule has 2 unspecified atom stereocenters. The van der Waals surface area contributed by atoms with Gasteiger partial charge in [-0.2, -0.15) is 0 Å². The van der Waals surface area contributed by atoms with Crippen LogP contribution in [-0.4, -0.2) is 43.8 Å². The summed E-state index contributed by atoms with van der Waals surface area (Å²) in [7, 11) is -4.20. The Kier molecular flexibility index (Phi) is 11.8. The highest BCUT2D eigenvalue weighted by atomic mass is 79.9. The van der Waals surface area contributed by atoms with Crippen molar-refractivity contribution in [1.29, 1.82) is 0 Å². The molecule has 4 aromatic rings. The van der Waals surface area contributed by atoms with Crippen LogP contribution in [0, 0.1) is 6.92 Å².